The molecule has 0 aliphatic rings. The number of sulfonamides is 1. The summed E-state index contributed by atoms with van der Waals surface area (Å²) in [7, 11) is -2.10. The van der Waals surface area contributed by atoms with Crippen LogP contribution in [0.4, 0.5) is 5.69 Å². The number of aryl methyl sites for hydroxylation is 1. The normalized spacial score (nSPS) is 12.6. The summed E-state index contributed by atoms with van der Waals surface area (Å²) in [6, 6.07) is 3.15. The highest BCUT2D eigenvalue weighted by Crippen LogP contribution is 2.26. The lowest BCUT2D eigenvalue weighted by Gasteiger charge is -2.21. The van der Waals surface area contributed by atoms with Crippen LogP contribution in [-0.2, 0) is 19.6 Å². The van der Waals surface area contributed by atoms with Crippen LogP contribution in [0.5, 0.6) is 0 Å². The Balaban J connectivity index is 0.00000625. The zero-order chi connectivity index (χ0) is 19.2. The minimum atomic E-state index is -3.59. The van der Waals surface area contributed by atoms with Crippen molar-refractivity contribution < 1.29 is 17.9 Å². The third kappa shape index (κ3) is 5.92. The van der Waals surface area contributed by atoms with Crippen LogP contribution in [0.1, 0.15) is 31.4 Å². The van der Waals surface area contributed by atoms with Crippen LogP contribution in [0.3, 0.4) is 0 Å². The Morgan fingerprint density at radius 1 is 1.27 bits per heavy atom. The number of carbonyl (C=O) groups is 1. The summed E-state index contributed by atoms with van der Waals surface area (Å²) in [5, 5.41) is 2.78. The van der Waals surface area contributed by atoms with E-state index in [1.807, 2.05) is 13.8 Å². The summed E-state index contributed by atoms with van der Waals surface area (Å²) in [4.78, 5) is 12.4. The zero-order valence-electron chi connectivity index (χ0n) is 16.0. The molecule has 0 saturated heterocycles. The van der Waals surface area contributed by atoms with Crippen LogP contribution in [0.25, 0.3) is 0 Å². The molecule has 3 N–H and O–H groups in total. The molecule has 0 bridgehead atoms. The standard InChI is InChI=1S/C17H29N3O4S.ClH/c1-6-20(7-2)25(22,23)15-8-12(3)13(4)16(10-15)19-17(21)9-14(11-18)24-5;/h8,10,14H,6-7,9,11,18H2,1-5H3,(H,19,21);1H. The van der Waals surface area contributed by atoms with E-state index < -0.39 is 10.0 Å². The molecule has 1 unspecified atom stereocenters. The van der Waals surface area contributed by atoms with Crippen molar-refractivity contribution in [2.45, 2.75) is 45.1 Å². The highest BCUT2D eigenvalue weighted by molar-refractivity contribution is 7.89. The van der Waals surface area contributed by atoms with Gasteiger partial charge in [0.05, 0.1) is 17.4 Å². The monoisotopic (exact) mass is 407 g/mol. The second-order valence-corrected chi connectivity index (χ2v) is 7.79. The SMILES string of the molecule is CCN(CC)S(=O)(=O)c1cc(C)c(C)c(NC(=O)CC(CN)OC)c1.Cl. The highest BCUT2D eigenvalue weighted by atomic mass is 35.5. The number of carbonyl (C=O) groups excluding carboxylic acids is 1. The predicted molar refractivity (Wildman–Crippen MR) is 106 cm³/mol. The molecule has 1 amide bonds. The summed E-state index contributed by atoms with van der Waals surface area (Å²) in [5.74, 6) is -0.266. The van der Waals surface area contributed by atoms with Crippen LogP contribution < -0.4 is 11.1 Å². The number of benzene rings is 1. The molecule has 1 rings (SSSR count). The second kappa shape index (κ2) is 10.8. The molecule has 0 aliphatic heterocycles. The summed E-state index contributed by atoms with van der Waals surface area (Å²) >= 11 is 0. The third-order valence-corrected chi connectivity index (χ3v) is 6.30. The highest BCUT2D eigenvalue weighted by Gasteiger charge is 2.23. The minimum absolute atomic E-state index is 0. The van der Waals surface area contributed by atoms with Crippen LogP contribution in [-0.4, -0.2) is 51.5 Å². The van der Waals surface area contributed by atoms with E-state index in [4.69, 9.17) is 10.5 Å². The first kappa shape index (κ1) is 24.8. The molecule has 1 atom stereocenters. The first-order valence-electron chi connectivity index (χ1n) is 8.35. The number of nitrogens with one attached hydrogen (secondary N) is 1. The Morgan fingerprint density at radius 3 is 2.31 bits per heavy atom. The molecule has 0 aliphatic carbocycles. The molecule has 0 fully saturated rings. The maximum Gasteiger partial charge on any atom is 0.243 e. The molecular weight excluding hydrogens is 378 g/mol. The predicted octanol–water partition coefficient (Wildman–Crippen LogP) is 2.06. The third-order valence-electron chi connectivity index (χ3n) is 4.27. The number of anilines is 1. The maximum atomic E-state index is 12.7. The van der Waals surface area contributed by atoms with Gasteiger partial charge in [-0.25, -0.2) is 8.42 Å². The van der Waals surface area contributed by atoms with E-state index in [1.165, 1.54) is 17.5 Å². The van der Waals surface area contributed by atoms with Crippen molar-refractivity contribution in [1.82, 2.24) is 4.31 Å². The van der Waals surface area contributed by atoms with Crippen LogP contribution in [0, 0.1) is 13.8 Å². The summed E-state index contributed by atoms with van der Waals surface area (Å²) in [6.07, 6.45) is -0.262. The molecule has 1 aromatic rings. The molecule has 0 radical (unpaired) electrons. The Kier molecular flexibility index (Phi) is 10.3. The van der Waals surface area contributed by atoms with Crippen LogP contribution in [0.15, 0.2) is 17.0 Å². The van der Waals surface area contributed by atoms with Gasteiger partial charge in [-0.3, -0.25) is 4.79 Å². The summed E-state index contributed by atoms with van der Waals surface area (Å²) in [6.45, 7) is 8.27. The molecule has 0 spiro atoms. The number of rotatable bonds is 9. The fourth-order valence-corrected chi connectivity index (χ4v) is 4.06. The Morgan fingerprint density at radius 2 is 1.85 bits per heavy atom. The summed E-state index contributed by atoms with van der Waals surface area (Å²) in [5.41, 5.74) is 7.65. The average molecular weight is 408 g/mol. The molecule has 1 aromatic carbocycles. The van der Waals surface area contributed by atoms with Crippen molar-refractivity contribution in [3.63, 3.8) is 0 Å². The largest absolute Gasteiger partial charge is 0.380 e. The first-order valence-corrected chi connectivity index (χ1v) is 9.79. The number of methoxy groups -OCH3 is 1. The smallest absolute Gasteiger partial charge is 0.243 e. The van der Waals surface area contributed by atoms with Crippen molar-refractivity contribution in [3.8, 4) is 0 Å². The lowest BCUT2D eigenvalue weighted by Crippen LogP contribution is -2.31. The van der Waals surface area contributed by atoms with Crippen LogP contribution >= 0.6 is 12.4 Å². The first-order chi connectivity index (χ1) is 11.7. The average Bonchev–Trinajstić information content (AvgIpc) is 2.57. The molecule has 9 heteroatoms. The lowest BCUT2D eigenvalue weighted by atomic mass is 10.1. The number of halogens is 1. The molecule has 26 heavy (non-hydrogen) atoms. The Bertz CT molecular complexity index is 702. The molecule has 7 nitrogen and oxygen atoms in total. The zero-order valence-corrected chi connectivity index (χ0v) is 17.7. The molecular formula is C17H30ClN3O4S. The van der Waals surface area contributed by atoms with Crippen LogP contribution in [0.2, 0.25) is 0 Å². The van der Waals surface area contributed by atoms with E-state index in [2.05, 4.69) is 5.32 Å². The van der Waals surface area contributed by atoms with Gasteiger partial charge in [-0.15, -0.1) is 12.4 Å². The van der Waals surface area contributed by atoms with Gasteiger partial charge in [0, 0.05) is 32.4 Å². The summed E-state index contributed by atoms with van der Waals surface area (Å²) < 4.78 is 32.0. The number of ether oxygens (including phenoxy) is 1. The fourth-order valence-electron chi connectivity index (χ4n) is 2.49. The number of amides is 1. The van der Waals surface area contributed by atoms with Gasteiger partial charge in [-0.2, -0.15) is 4.31 Å². The number of hydrogen-bond donors (Lipinski definition) is 2. The number of nitrogens with zero attached hydrogens (tertiary/aromatic N) is 1. The van der Waals surface area contributed by atoms with Gasteiger partial charge in [-0.05, 0) is 37.1 Å². The fraction of sp³-hybridized carbons (Fsp3) is 0.588. The van der Waals surface area contributed by atoms with E-state index in [0.717, 1.165) is 11.1 Å². The second-order valence-electron chi connectivity index (χ2n) is 5.85. The quantitative estimate of drug-likeness (QED) is 0.652. The van der Waals surface area contributed by atoms with Crippen molar-refractivity contribution in [1.29, 1.82) is 0 Å². The van der Waals surface area contributed by atoms with E-state index in [9.17, 15) is 13.2 Å². The van der Waals surface area contributed by atoms with Gasteiger partial charge in [0.15, 0.2) is 0 Å². The minimum Gasteiger partial charge on any atom is -0.380 e. The van der Waals surface area contributed by atoms with Gasteiger partial charge in [0.25, 0.3) is 0 Å². The van der Waals surface area contributed by atoms with Crippen molar-refractivity contribution in [3.05, 3.63) is 23.3 Å². The van der Waals surface area contributed by atoms with Gasteiger partial charge in [0.1, 0.15) is 0 Å². The van der Waals surface area contributed by atoms with Crippen molar-refractivity contribution >= 4 is 34.0 Å². The lowest BCUT2D eigenvalue weighted by molar-refractivity contribution is -0.118. The van der Waals surface area contributed by atoms with Gasteiger partial charge in [0.2, 0.25) is 15.9 Å². The Hall–Kier alpha value is -1.19. The molecule has 0 aromatic heterocycles. The topological polar surface area (TPSA) is 102 Å². The van der Waals surface area contributed by atoms with E-state index in [-0.39, 0.29) is 42.3 Å². The Labute approximate surface area is 162 Å². The van der Waals surface area contributed by atoms with E-state index in [0.29, 0.717) is 18.8 Å². The van der Waals surface area contributed by atoms with E-state index in [1.54, 1.807) is 19.9 Å². The van der Waals surface area contributed by atoms with Crippen molar-refractivity contribution in [2.24, 2.45) is 5.73 Å². The van der Waals surface area contributed by atoms with Crippen molar-refractivity contribution in [2.75, 3.05) is 32.1 Å². The molecule has 0 saturated carbocycles. The maximum absolute atomic E-state index is 12.7. The van der Waals surface area contributed by atoms with Gasteiger partial charge >= 0.3 is 0 Å². The molecule has 0 heterocycles. The number of nitrogens with two attached hydrogens (primary N) is 1. The number of hydrogen-bond acceptors (Lipinski definition) is 5. The van der Waals surface area contributed by atoms with Gasteiger partial charge in [-0.1, -0.05) is 13.8 Å². The van der Waals surface area contributed by atoms with Gasteiger partial charge < -0.3 is 15.8 Å². The van der Waals surface area contributed by atoms with E-state index >= 15 is 0 Å². The molecule has 150 valence electrons.